The van der Waals surface area contributed by atoms with Gasteiger partial charge in [-0.15, -0.1) is 0 Å². The normalized spacial score (nSPS) is 11.5. The van der Waals surface area contributed by atoms with E-state index in [0.717, 1.165) is 17.4 Å². The van der Waals surface area contributed by atoms with Crippen molar-refractivity contribution < 1.29 is 22.4 Å². The van der Waals surface area contributed by atoms with E-state index >= 15 is 0 Å². The Balaban J connectivity index is 1.51. The first-order valence-corrected chi connectivity index (χ1v) is 15.7. The number of hydrogen-bond acceptors (Lipinski definition) is 6. The van der Waals surface area contributed by atoms with E-state index < -0.39 is 15.9 Å². The summed E-state index contributed by atoms with van der Waals surface area (Å²) in [4.78, 5) is 30.2. The fraction of sp³-hybridized carbons (Fsp3) is 0.167. The molecule has 0 saturated heterocycles. The summed E-state index contributed by atoms with van der Waals surface area (Å²) in [5, 5.41) is 3.51. The first-order chi connectivity index (χ1) is 20.1. The largest absolute Gasteiger partial charge is 0.455 e. The number of nitrogens with one attached hydrogen (secondary N) is 2. The number of carbonyl (C=O) groups is 2. The lowest BCUT2D eigenvalue weighted by molar-refractivity contribution is 0.0951. The molecule has 2 heterocycles. The maximum atomic E-state index is 13.2. The van der Waals surface area contributed by atoms with Gasteiger partial charge in [-0.2, -0.15) is 0 Å². The number of imidazole rings is 1. The molecule has 5 rings (SSSR count). The molecule has 0 spiro atoms. The summed E-state index contributed by atoms with van der Waals surface area (Å²) < 4.78 is 36.3. The minimum atomic E-state index is -4.08. The zero-order chi connectivity index (χ0) is 30.0. The van der Waals surface area contributed by atoms with Crippen LogP contribution < -0.4 is 10.0 Å². The van der Waals surface area contributed by atoms with Gasteiger partial charge in [-0.3, -0.25) is 9.59 Å². The van der Waals surface area contributed by atoms with Crippen molar-refractivity contribution in [3.05, 3.63) is 105 Å². The van der Waals surface area contributed by atoms with Gasteiger partial charge in [0.05, 0.1) is 14.9 Å². The van der Waals surface area contributed by atoms with Crippen LogP contribution in [0, 0.1) is 0 Å². The monoisotopic (exact) mass is 668 g/mol. The number of nitrogens with zero attached hydrogens (tertiary/aromatic N) is 2. The highest BCUT2D eigenvalue weighted by molar-refractivity contribution is 9.10. The Kier molecular flexibility index (Phi) is 8.53. The quantitative estimate of drug-likeness (QED) is 0.193. The number of furan rings is 1. The molecule has 2 N–H and O–H groups in total. The van der Waals surface area contributed by atoms with Crippen LogP contribution >= 0.6 is 27.5 Å². The fourth-order valence-corrected chi connectivity index (χ4v) is 6.55. The summed E-state index contributed by atoms with van der Waals surface area (Å²) in [5.74, 6) is -0.0384. The fourth-order valence-electron chi connectivity index (χ4n) is 4.67. The van der Waals surface area contributed by atoms with Crippen molar-refractivity contribution in [3.8, 4) is 11.3 Å². The first-order valence-electron chi connectivity index (χ1n) is 13.0. The topological polar surface area (TPSA) is 123 Å². The lowest BCUT2D eigenvalue weighted by Gasteiger charge is -2.11. The minimum Gasteiger partial charge on any atom is -0.455 e. The number of rotatable bonds is 9. The Labute approximate surface area is 256 Å². The summed E-state index contributed by atoms with van der Waals surface area (Å²) in [6, 6.07) is 19.9. The average Bonchev–Trinajstić information content (AvgIpc) is 3.48. The van der Waals surface area contributed by atoms with Crippen molar-refractivity contribution in [3.63, 3.8) is 0 Å². The van der Waals surface area contributed by atoms with Crippen LogP contribution in [0.3, 0.4) is 0 Å². The van der Waals surface area contributed by atoms with Crippen LogP contribution in [0.25, 0.3) is 22.3 Å². The predicted octanol–water partition coefficient (Wildman–Crippen LogP) is 6.19. The van der Waals surface area contributed by atoms with Crippen LogP contribution in [0.15, 0.2) is 86.6 Å². The van der Waals surface area contributed by atoms with E-state index in [1.54, 1.807) is 49.5 Å². The maximum absolute atomic E-state index is 13.2. The average molecular weight is 670 g/mol. The van der Waals surface area contributed by atoms with Crippen molar-refractivity contribution in [2.24, 2.45) is 0 Å². The number of halogens is 2. The zero-order valence-corrected chi connectivity index (χ0v) is 25.8. The molecule has 0 aliphatic carbocycles. The molecule has 3 aromatic carbocycles. The molecule has 2 aromatic heterocycles. The molecule has 0 radical (unpaired) electrons. The molecule has 9 nitrogen and oxygen atoms in total. The van der Waals surface area contributed by atoms with Crippen molar-refractivity contribution in [2.45, 2.75) is 31.2 Å². The SMILES string of the molecule is CCCc1nc(Cl)c(C(=O)NC)n1Cc1ccc2oc(-c3ccccc3C(=O)NS(=O)(=O)c3ccccc3)c(Br)c2c1. The maximum Gasteiger partial charge on any atom is 0.270 e. The van der Waals surface area contributed by atoms with Gasteiger partial charge in [-0.1, -0.05) is 61.0 Å². The van der Waals surface area contributed by atoms with Crippen LogP contribution in [0.2, 0.25) is 5.15 Å². The molecule has 12 heteroatoms. The second-order valence-electron chi connectivity index (χ2n) is 9.45. The van der Waals surface area contributed by atoms with Crippen LogP contribution in [0.4, 0.5) is 0 Å². The number of aromatic nitrogens is 2. The smallest absolute Gasteiger partial charge is 0.270 e. The van der Waals surface area contributed by atoms with E-state index in [1.807, 2.05) is 23.6 Å². The number of amides is 2. The number of hydrogen-bond donors (Lipinski definition) is 2. The molecular weight excluding hydrogens is 644 g/mol. The van der Waals surface area contributed by atoms with E-state index in [4.69, 9.17) is 16.0 Å². The lowest BCUT2D eigenvalue weighted by Crippen LogP contribution is -2.30. The van der Waals surface area contributed by atoms with Gasteiger partial charge in [0.15, 0.2) is 5.15 Å². The lowest BCUT2D eigenvalue weighted by atomic mass is 10.0. The second-order valence-corrected chi connectivity index (χ2v) is 12.3. The van der Waals surface area contributed by atoms with Gasteiger partial charge in [0.1, 0.15) is 22.9 Å². The third-order valence-electron chi connectivity index (χ3n) is 6.65. The zero-order valence-electron chi connectivity index (χ0n) is 22.6. The van der Waals surface area contributed by atoms with Crippen molar-refractivity contribution in [1.29, 1.82) is 0 Å². The van der Waals surface area contributed by atoms with Gasteiger partial charge in [0.2, 0.25) is 0 Å². The second kappa shape index (κ2) is 12.1. The molecule has 2 amide bonds. The molecule has 42 heavy (non-hydrogen) atoms. The number of aryl methyl sites for hydroxylation is 1. The third-order valence-corrected chi connectivity index (χ3v) is 9.05. The highest BCUT2D eigenvalue weighted by Gasteiger charge is 2.25. The highest BCUT2D eigenvalue weighted by Crippen LogP contribution is 2.39. The Morgan fingerprint density at radius 1 is 1.02 bits per heavy atom. The van der Waals surface area contributed by atoms with Gasteiger partial charge in [0.25, 0.3) is 21.8 Å². The Morgan fingerprint density at radius 2 is 1.74 bits per heavy atom. The summed E-state index contributed by atoms with van der Waals surface area (Å²) in [7, 11) is -2.54. The van der Waals surface area contributed by atoms with E-state index in [0.29, 0.717) is 45.9 Å². The first kappa shape index (κ1) is 29.6. The summed E-state index contributed by atoms with van der Waals surface area (Å²) >= 11 is 9.98. The minimum absolute atomic E-state index is 0.0193. The van der Waals surface area contributed by atoms with Crippen molar-refractivity contribution in [1.82, 2.24) is 19.6 Å². The van der Waals surface area contributed by atoms with Gasteiger partial charge >= 0.3 is 0 Å². The standard InChI is InChI=1S/C30H26BrClN4O5S/c1-3-9-24-34-28(32)26(30(38)33-2)36(24)17-18-14-15-23-22(16-18)25(31)27(41-23)20-12-7-8-13-21(20)29(37)35-42(39,40)19-10-5-4-6-11-19/h4-8,10-16H,3,9,17H2,1-2H3,(H,33,38)(H,35,37). The summed E-state index contributed by atoms with van der Waals surface area (Å²) in [6.07, 6.45) is 1.48. The molecule has 0 bridgehead atoms. The summed E-state index contributed by atoms with van der Waals surface area (Å²) in [6.45, 7) is 2.37. The van der Waals surface area contributed by atoms with Crippen molar-refractivity contribution >= 4 is 60.3 Å². The molecule has 216 valence electrons. The van der Waals surface area contributed by atoms with Crippen LogP contribution in [0.1, 0.15) is 45.6 Å². The van der Waals surface area contributed by atoms with Crippen molar-refractivity contribution in [2.75, 3.05) is 7.05 Å². The molecule has 0 atom stereocenters. The Hall–Kier alpha value is -3.93. The number of sulfonamides is 1. The Morgan fingerprint density at radius 3 is 2.45 bits per heavy atom. The van der Waals surface area contributed by atoms with Crippen LogP contribution in [-0.4, -0.2) is 36.8 Å². The molecule has 0 saturated carbocycles. The van der Waals surface area contributed by atoms with Gasteiger partial charge in [-0.05, 0) is 58.2 Å². The van der Waals surface area contributed by atoms with E-state index in [-0.39, 0.29) is 21.5 Å². The molecule has 0 unspecified atom stereocenters. The molecule has 0 aliphatic rings. The van der Waals surface area contributed by atoms with Crippen LogP contribution in [0.5, 0.6) is 0 Å². The Bertz CT molecular complexity index is 1920. The number of fused-ring (bicyclic) bond motifs is 1. The van der Waals surface area contributed by atoms with Crippen LogP contribution in [-0.2, 0) is 23.0 Å². The van der Waals surface area contributed by atoms with Gasteiger partial charge in [0, 0.05) is 31.0 Å². The van der Waals surface area contributed by atoms with E-state index in [2.05, 4.69) is 31.0 Å². The van der Waals surface area contributed by atoms with Gasteiger partial charge in [-0.25, -0.2) is 18.1 Å². The number of benzene rings is 3. The third kappa shape index (κ3) is 5.72. The van der Waals surface area contributed by atoms with E-state index in [9.17, 15) is 18.0 Å². The predicted molar refractivity (Wildman–Crippen MR) is 164 cm³/mol. The number of carbonyl (C=O) groups excluding carboxylic acids is 2. The molecular formula is C30H26BrClN4O5S. The highest BCUT2D eigenvalue weighted by atomic mass is 79.9. The molecule has 5 aromatic rings. The van der Waals surface area contributed by atoms with E-state index in [1.165, 1.54) is 18.2 Å². The molecule has 0 fully saturated rings. The summed E-state index contributed by atoms with van der Waals surface area (Å²) in [5.41, 5.74) is 2.25. The molecule has 0 aliphatic heterocycles. The van der Waals surface area contributed by atoms with Gasteiger partial charge < -0.3 is 14.3 Å².